The first-order valence-electron chi connectivity index (χ1n) is 18.8. The minimum absolute atomic E-state index is 0.103. The lowest BCUT2D eigenvalue weighted by Crippen LogP contribution is -2.44. The molecule has 10 rings (SSSR count). The van der Waals surface area contributed by atoms with Crippen LogP contribution in [-0.4, -0.2) is 10.8 Å². The lowest BCUT2D eigenvalue weighted by molar-refractivity contribution is 0.409. The summed E-state index contributed by atoms with van der Waals surface area (Å²) in [6.45, 7) is 0. The highest BCUT2D eigenvalue weighted by atomic mass is 15.3. The molecule has 0 spiro atoms. The summed E-state index contributed by atoms with van der Waals surface area (Å²) in [4.78, 5) is 10.8. The van der Waals surface area contributed by atoms with Crippen molar-refractivity contribution in [2.75, 3.05) is 0 Å². The number of nitrogens with one attached hydrogen (secondary N) is 2. The van der Waals surface area contributed by atoms with Gasteiger partial charge in [-0.25, -0.2) is 4.99 Å². The predicted octanol–water partition coefficient (Wildman–Crippen LogP) is 11.4. The second kappa shape index (κ2) is 13.4. The standard InChI is InChI=1S/C49H37N5/c50-30-31-22-24-32(25-23-31)46-45-41-21-10-8-19-39(41)38-18-7-9-20-40(38)44(45)42-27-26-36(29-43(42)51-46)35-16-11-17-37(28-35)49-53-47(33-12-3-1-4-13-33)52-48(54-49)34-14-5-2-6-15-34/h1-22,26-29,32,47,49,53H,23-25H2,(H,52,54). The Hall–Kier alpha value is -6.61. The van der Waals surface area contributed by atoms with E-state index in [-0.39, 0.29) is 18.2 Å². The van der Waals surface area contributed by atoms with Crippen molar-refractivity contribution >= 4 is 49.1 Å². The summed E-state index contributed by atoms with van der Waals surface area (Å²) in [5.74, 6) is 1.10. The normalized spacial score (nSPS) is 18.6. The van der Waals surface area contributed by atoms with Crippen LogP contribution in [0.3, 0.4) is 0 Å². The molecule has 258 valence electrons. The number of aromatic nitrogens is 1. The van der Waals surface area contributed by atoms with Gasteiger partial charge in [-0.2, -0.15) is 5.26 Å². The van der Waals surface area contributed by atoms with Gasteiger partial charge in [-0.3, -0.25) is 10.3 Å². The lowest BCUT2D eigenvalue weighted by Gasteiger charge is -2.32. The summed E-state index contributed by atoms with van der Waals surface area (Å²) in [5, 5.41) is 25.7. The molecule has 7 aromatic carbocycles. The number of nitrogens with zero attached hydrogens (tertiary/aromatic N) is 3. The molecule has 0 amide bonds. The highest BCUT2D eigenvalue weighted by Crippen LogP contribution is 2.44. The molecule has 8 aromatic rings. The van der Waals surface area contributed by atoms with Crippen LogP contribution in [0.25, 0.3) is 54.3 Å². The lowest BCUT2D eigenvalue weighted by atomic mass is 9.82. The number of benzene rings is 7. The summed E-state index contributed by atoms with van der Waals surface area (Å²) in [7, 11) is 0. The van der Waals surface area contributed by atoms with Gasteiger partial charge < -0.3 is 5.32 Å². The number of hydrogen-bond donors (Lipinski definition) is 2. The summed E-state index contributed by atoms with van der Waals surface area (Å²) >= 11 is 0. The molecule has 2 aliphatic rings. The van der Waals surface area contributed by atoms with E-state index >= 15 is 0 Å². The number of nitriles is 1. The summed E-state index contributed by atoms with van der Waals surface area (Å²) in [6, 6.07) is 56.3. The van der Waals surface area contributed by atoms with E-state index in [1.807, 2.05) is 12.1 Å². The Kier molecular flexibility index (Phi) is 7.97. The van der Waals surface area contributed by atoms with Crippen LogP contribution in [0.4, 0.5) is 0 Å². The van der Waals surface area contributed by atoms with Crippen molar-refractivity contribution in [2.24, 2.45) is 4.99 Å². The Morgan fingerprint density at radius 1 is 0.593 bits per heavy atom. The number of pyridine rings is 1. The van der Waals surface area contributed by atoms with Crippen LogP contribution < -0.4 is 10.6 Å². The molecule has 0 saturated carbocycles. The van der Waals surface area contributed by atoms with Gasteiger partial charge in [0.05, 0.1) is 17.3 Å². The fraction of sp³-hybridized carbons (Fsp3) is 0.122. The number of rotatable bonds is 5. The van der Waals surface area contributed by atoms with E-state index in [1.165, 1.54) is 32.3 Å². The van der Waals surface area contributed by atoms with Crippen LogP contribution in [0, 0.1) is 11.3 Å². The van der Waals surface area contributed by atoms with Crippen LogP contribution in [0.15, 0.2) is 168 Å². The van der Waals surface area contributed by atoms with Gasteiger partial charge in [0, 0.05) is 33.2 Å². The maximum absolute atomic E-state index is 9.64. The fourth-order valence-electron chi connectivity index (χ4n) is 8.55. The van der Waals surface area contributed by atoms with Gasteiger partial charge in [0.1, 0.15) is 18.2 Å². The molecule has 0 saturated heterocycles. The Balaban J connectivity index is 1.13. The maximum Gasteiger partial charge on any atom is 0.131 e. The van der Waals surface area contributed by atoms with E-state index < -0.39 is 0 Å². The third-order valence-corrected chi connectivity index (χ3v) is 11.2. The zero-order chi connectivity index (χ0) is 36.0. The zero-order valence-electron chi connectivity index (χ0n) is 29.7. The molecule has 1 aliphatic carbocycles. The van der Waals surface area contributed by atoms with Crippen molar-refractivity contribution < 1.29 is 0 Å². The van der Waals surface area contributed by atoms with Crippen LogP contribution in [-0.2, 0) is 0 Å². The Morgan fingerprint density at radius 3 is 1.96 bits per heavy atom. The van der Waals surface area contributed by atoms with E-state index in [2.05, 4.69) is 162 Å². The monoisotopic (exact) mass is 695 g/mol. The molecule has 2 N–H and O–H groups in total. The smallest absolute Gasteiger partial charge is 0.131 e. The topological polar surface area (TPSA) is 73.1 Å². The number of aliphatic imine (C=N–C) groups is 1. The quantitative estimate of drug-likeness (QED) is 0.176. The Labute approximate surface area is 314 Å². The third-order valence-electron chi connectivity index (χ3n) is 11.2. The van der Waals surface area contributed by atoms with Gasteiger partial charge in [-0.05, 0) is 75.2 Å². The molecule has 0 fully saturated rings. The summed E-state index contributed by atoms with van der Waals surface area (Å²) in [5.41, 5.74) is 8.54. The van der Waals surface area contributed by atoms with Gasteiger partial charge >= 0.3 is 0 Å². The number of amidine groups is 1. The maximum atomic E-state index is 9.64. The molecule has 1 aliphatic heterocycles. The Morgan fingerprint density at radius 2 is 1.24 bits per heavy atom. The van der Waals surface area contributed by atoms with E-state index in [1.54, 1.807) is 0 Å². The molecular weight excluding hydrogens is 659 g/mol. The second-order valence-electron chi connectivity index (χ2n) is 14.4. The molecule has 5 heteroatoms. The first-order chi connectivity index (χ1) is 26.7. The molecule has 54 heavy (non-hydrogen) atoms. The van der Waals surface area contributed by atoms with Gasteiger partial charge in [-0.15, -0.1) is 0 Å². The second-order valence-corrected chi connectivity index (χ2v) is 14.4. The van der Waals surface area contributed by atoms with Gasteiger partial charge in [-0.1, -0.05) is 146 Å². The molecule has 2 heterocycles. The van der Waals surface area contributed by atoms with Crippen molar-refractivity contribution in [3.05, 3.63) is 186 Å². The van der Waals surface area contributed by atoms with Crippen LogP contribution in [0.2, 0.25) is 0 Å². The van der Waals surface area contributed by atoms with Crippen molar-refractivity contribution in [1.29, 1.82) is 5.26 Å². The predicted molar refractivity (Wildman–Crippen MR) is 221 cm³/mol. The molecule has 5 nitrogen and oxygen atoms in total. The molecule has 3 unspecified atom stereocenters. The zero-order valence-corrected chi connectivity index (χ0v) is 29.7. The van der Waals surface area contributed by atoms with E-state index in [4.69, 9.17) is 9.98 Å². The average Bonchev–Trinajstić information content (AvgIpc) is 3.26. The molecule has 3 atom stereocenters. The van der Waals surface area contributed by atoms with E-state index in [9.17, 15) is 5.26 Å². The molecule has 0 bridgehead atoms. The highest BCUT2D eigenvalue weighted by molar-refractivity contribution is 6.31. The van der Waals surface area contributed by atoms with Crippen molar-refractivity contribution in [3.63, 3.8) is 0 Å². The first-order valence-corrected chi connectivity index (χ1v) is 18.8. The molecule has 0 radical (unpaired) electrons. The van der Waals surface area contributed by atoms with Crippen LogP contribution in [0.5, 0.6) is 0 Å². The summed E-state index contributed by atoms with van der Waals surface area (Å²) in [6.07, 6.45) is 4.28. The number of hydrogen-bond acceptors (Lipinski definition) is 5. The first kappa shape index (κ1) is 32.1. The van der Waals surface area contributed by atoms with Crippen molar-refractivity contribution in [1.82, 2.24) is 15.6 Å². The van der Waals surface area contributed by atoms with Crippen LogP contribution >= 0.6 is 0 Å². The minimum Gasteiger partial charge on any atom is -0.350 e. The van der Waals surface area contributed by atoms with Gasteiger partial charge in [0.2, 0.25) is 0 Å². The van der Waals surface area contributed by atoms with Crippen LogP contribution in [0.1, 0.15) is 59.9 Å². The number of fused-ring (bicyclic) bond motifs is 8. The fourth-order valence-corrected chi connectivity index (χ4v) is 8.55. The third kappa shape index (κ3) is 5.60. The Bertz CT molecular complexity index is 2830. The van der Waals surface area contributed by atoms with Gasteiger partial charge in [0.25, 0.3) is 0 Å². The number of allylic oxidation sites excluding steroid dienone is 2. The van der Waals surface area contributed by atoms with E-state index in [0.29, 0.717) is 0 Å². The van der Waals surface area contributed by atoms with Crippen molar-refractivity contribution in [2.45, 2.75) is 37.5 Å². The highest BCUT2D eigenvalue weighted by Gasteiger charge is 2.27. The minimum atomic E-state index is -0.252. The van der Waals surface area contributed by atoms with E-state index in [0.717, 1.165) is 75.1 Å². The largest absolute Gasteiger partial charge is 0.350 e. The van der Waals surface area contributed by atoms with Crippen molar-refractivity contribution in [3.8, 4) is 17.2 Å². The molecule has 1 aromatic heterocycles. The molecular formula is C49H37N5. The summed E-state index contributed by atoms with van der Waals surface area (Å²) < 4.78 is 0. The SMILES string of the molecule is N#CC1=CCC(c2nc3cc(-c4cccc(C5N=C(c6ccccc6)NC(c6ccccc6)N5)c4)ccc3c3c4ccccc4c4ccccc4c23)CC1. The average molecular weight is 696 g/mol. The van der Waals surface area contributed by atoms with Gasteiger partial charge in [0.15, 0.2) is 0 Å².